The van der Waals surface area contributed by atoms with Crippen molar-refractivity contribution in [3.8, 4) is 0 Å². The van der Waals surface area contributed by atoms with E-state index in [1.54, 1.807) is 4.68 Å². The smallest absolute Gasteiger partial charge is 0.307 e. The van der Waals surface area contributed by atoms with Crippen molar-refractivity contribution in [1.29, 1.82) is 0 Å². The summed E-state index contributed by atoms with van der Waals surface area (Å²) in [5.41, 5.74) is 5.57. The molecule has 1 aromatic rings. The number of aliphatic carboxylic acids is 1. The highest BCUT2D eigenvalue weighted by Gasteiger charge is 2.72. The van der Waals surface area contributed by atoms with Gasteiger partial charge in [-0.15, -0.1) is 0 Å². The third kappa shape index (κ3) is 5.57. The van der Waals surface area contributed by atoms with Crippen molar-refractivity contribution >= 4 is 11.9 Å². The van der Waals surface area contributed by atoms with Gasteiger partial charge in [0.2, 0.25) is 5.82 Å². The van der Waals surface area contributed by atoms with Crippen molar-refractivity contribution in [2.75, 3.05) is 26.4 Å². The number of allylic oxidation sites excluding steroid dienone is 1. The molecule has 1 saturated heterocycles. The van der Waals surface area contributed by atoms with Crippen LogP contribution in [0.3, 0.4) is 0 Å². The summed E-state index contributed by atoms with van der Waals surface area (Å²) >= 11 is 0. The van der Waals surface area contributed by atoms with Crippen LogP contribution in [0.15, 0.2) is 18.0 Å². The van der Waals surface area contributed by atoms with E-state index in [0.29, 0.717) is 44.0 Å². The topological polar surface area (TPSA) is 142 Å². The molecule has 0 unspecified atom stereocenters. The van der Waals surface area contributed by atoms with Crippen LogP contribution >= 0.6 is 0 Å². The molecule has 1 amide bonds. The van der Waals surface area contributed by atoms with Crippen molar-refractivity contribution in [3.63, 3.8) is 0 Å². The summed E-state index contributed by atoms with van der Waals surface area (Å²) in [6.07, 6.45) is 10.0. The lowest BCUT2D eigenvalue weighted by Gasteiger charge is -2.71. The maximum Gasteiger partial charge on any atom is 0.307 e. The second kappa shape index (κ2) is 13.5. The van der Waals surface area contributed by atoms with E-state index in [1.807, 2.05) is 0 Å². The summed E-state index contributed by atoms with van der Waals surface area (Å²) in [4.78, 5) is 30.7. The number of aromatic nitrogens is 3. The van der Waals surface area contributed by atoms with Gasteiger partial charge < -0.3 is 25.6 Å². The molecular formula is C42H69N5O5. The lowest BCUT2D eigenvalue weighted by Crippen LogP contribution is -2.69. The van der Waals surface area contributed by atoms with E-state index in [-0.39, 0.29) is 57.0 Å². The summed E-state index contributed by atoms with van der Waals surface area (Å²) in [6.45, 7) is 27.5. The van der Waals surface area contributed by atoms with Gasteiger partial charge in [0, 0.05) is 16.4 Å². The highest BCUT2D eigenvalue weighted by atomic mass is 16.5. The number of ether oxygens (including phenoxy) is 2. The number of nitrogens with two attached hydrogens (primary N) is 1. The predicted octanol–water partition coefficient (Wildman–Crippen LogP) is 7.31. The average Bonchev–Trinajstić information content (AvgIpc) is 3.57. The SMILES string of the molecule is CCCN[C@@](C)(CO[C@H]1[C@H](n2ncnc2C(N)=O)C[C@@]23COC[C@]1(C)[C@@H]2CC[C@H]1C3=CC[C@@]2(C)[C@H](C(=O)O)[C@@](C)([C@H](C)C(C)C)CC[C@]12C)C(C)C. The Balaban J connectivity index is 1.46. The van der Waals surface area contributed by atoms with Gasteiger partial charge in [-0.3, -0.25) is 9.59 Å². The molecule has 5 aliphatic rings. The standard InChI is InChI=1S/C42H69N5O5/c1-12-19-45-41(11,26(4)5)22-52-33-30(47-35(34(43)48)44-24-46-47)20-42-23-51-21-38(33,8)31(42)14-13-28-29(42)15-16-40(10)32(36(49)50)37(7,27(6)25(2)3)17-18-39(28,40)9/h15,24-28,30-33,45H,12-14,16-23H2,1-11H3,(H2,43,48)(H,49,50)/t27-,28+,30-,31+,32-,33+,37-,38-,39-,40+,41+,42+/m1/s1. The maximum absolute atomic E-state index is 13.5. The first-order chi connectivity index (χ1) is 24.3. The molecule has 12 atom stereocenters. The number of nitrogens with one attached hydrogen (secondary N) is 1. The Hall–Kier alpha value is -2.30. The molecule has 1 aliphatic heterocycles. The summed E-state index contributed by atoms with van der Waals surface area (Å²) in [5.74, 6) is 0.0211. The molecule has 10 heteroatoms. The van der Waals surface area contributed by atoms with Gasteiger partial charge in [-0.05, 0) is 104 Å². The van der Waals surface area contributed by atoms with E-state index in [4.69, 9.17) is 15.2 Å². The fraction of sp³-hybridized carbons (Fsp3) is 0.857. The monoisotopic (exact) mass is 724 g/mol. The minimum Gasteiger partial charge on any atom is -0.481 e. The number of amides is 1. The Morgan fingerprint density at radius 1 is 1.12 bits per heavy atom. The molecule has 292 valence electrons. The molecule has 0 radical (unpaired) electrons. The van der Waals surface area contributed by atoms with Gasteiger partial charge in [0.25, 0.3) is 5.91 Å². The average molecular weight is 724 g/mol. The first-order valence-corrected chi connectivity index (χ1v) is 20.3. The number of carbonyl (C=O) groups is 2. The Kier molecular flexibility index (Phi) is 10.2. The number of primary amides is 1. The zero-order valence-electron chi connectivity index (χ0n) is 34.1. The zero-order chi connectivity index (χ0) is 38.2. The number of hydrogen-bond donors (Lipinski definition) is 3. The Morgan fingerprint density at radius 2 is 1.83 bits per heavy atom. The normalized spacial score (nSPS) is 41.7. The maximum atomic E-state index is 13.5. The zero-order valence-corrected chi connectivity index (χ0v) is 34.1. The van der Waals surface area contributed by atoms with Gasteiger partial charge in [-0.25, -0.2) is 9.67 Å². The number of hydrogen-bond acceptors (Lipinski definition) is 7. The number of carboxylic acid groups (broad SMARTS) is 1. The van der Waals surface area contributed by atoms with E-state index in [9.17, 15) is 14.7 Å². The van der Waals surface area contributed by atoms with Gasteiger partial charge in [-0.2, -0.15) is 5.10 Å². The van der Waals surface area contributed by atoms with Crippen molar-refractivity contribution in [2.45, 2.75) is 139 Å². The fourth-order valence-corrected chi connectivity index (χ4v) is 12.9. The number of carboxylic acids is 1. The third-order valence-corrected chi connectivity index (χ3v) is 16.8. The van der Waals surface area contributed by atoms with Gasteiger partial charge in [0.05, 0.1) is 37.9 Å². The van der Waals surface area contributed by atoms with Crippen LogP contribution < -0.4 is 11.1 Å². The van der Waals surface area contributed by atoms with Crippen LogP contribution in [-0.4, -0.2) is 69.8 Å². The quantitative estimate of drug-likeness (QED) is 0.191. The second-order valence-corrected chi connectivity index (χ2v) is 19.7. The van der Waals surface area contributed by atoms with Crippen LogP contribution in [0.1, 0.15) is 138 Å². The Labute approximate surface area is 312 Å². The highest BCUT2D eigenvalue weighted by Crippen LogP contribution is 2.75. The third-order valence-electron chi connectivity index (χ3n) is 16.8. The van der Waals surface area contributed by atoms with E-state index in [0.717, 1.165) is 45.1 Å². The van der Waals surface area contributed by atoms with Crippen LogP contribution in [0.5, 0.6) is 0 Å². The summed E-state index contributed by atoms with van der Waals surface area (Å²) in [7, 11) is 0. The van der Waals surface area contributed by atoms with Gasteiger partial charge in [0.1, 0.15) is 6.33 Å². The predicted molar refractivity (Wildman–Crippen MR) is 202 cm³/mol. The number of fused-ring (bicyclic) bond motifs is 3. The first-order valence-electron chi connectivity index (χ1n) is 20.3. The molecule has 1 aromatic heterocycles. The van der Waals surface area contributed by atoms with Crippen molar-refractivity contribution < 1.29 is 24.2 Å². The fourth-order valence-electron chi connectivity index (χ4n) is 12.9. The highest BCUT2D eigenvalue weighted by molar-refractivity contribution is 5.89. The minimum absolute atomic E-state index is 0.159. The van der Waals surface area contributed by atoms with E-state index < -0.39 is 23.2 Å². The minimum atomic E-state index is -0.648. The molecule has 6 rings (SSSR count). The molecule has 10 nitrogen and oxygen atoms in total. The number of carbonyl (C=O) groups excluding carboxylic acids is 1. The van der Waals surface area contributed by atoms with Crippen LogP contribution in [-0.2, 0) is 14.3 Å². The number of nitrogens with zero attached hydrogens (tertiary/aromatic N) is 3. The second-order valence-electron chi connectivity index (χ2n) is 19.7. The number of rotatable bonds is 12. The van der Waals surface area contributed by atoms with Crippen molar-refractivity contribution in [1.82, 2.24) is 20.1 Å². The molecule has 4 fully saturated rings. The molecule has 2 bridgehead atoms. The molecule has 4 N–H and O–H groups in total. The van der Waals surface area contributed by atoms with Crippen LogP contribution in [0.4, 0.5) is 0 Å². The summed E-state index contributed by atoms with van der Waals surface area (Å²) < 4.78 is 15.7. The molecular weight excluding hydrogens is 654 g/mol. The molecule has 4 aliphatic carbocycles. The Morgan fingerprint density at radius 3 is 2.44 bits per heavy atom. The largest absolute Gasteiger partial charge is 0.481 e. The van der Waals surface area contributed by atoms with Crippen LogP contribution in [0, 0.1) is 62.6 Å². The van der Waals surface area contributed by atoms with Crippen LogP contribution in [0.2, 0.25) is 0 Å². The van der Waals surface area contributed by atoms with Gasteiger partial charge in [0.15, 0.2) is 0 Å². The van der Waals surface area contributed by atoms with E-state index in [1.165, 1.54) is 11.9 Å². The molecule has 3 saturated carbocycles. The first kappa shape index (κ1) is 39.4. The molecule has 52 heavy (non-hydrogen) atoms. The molecule has 2 heterocycles. The van der Waals surface area contributed by atoms with E-state index in [2.05, 4.69) is 97.6 Å². The van der Waals surface area contributed by atoms with Crippen LogP contribution in [0.25, 0.3) is 0 Å². The van der Waals surface area contributed by atoms with Crippen molar-refractivity contribution in [3.05, 3.63) is 23.8 Å². The van der Waals surface area contributed by atoms with Gasteiger partial charge in [-0.1, -0.05) is 80.9 Å². The lowest BCUT2D eigenvalue weighted by atomic mass is 9.34. The lowest BCUT2D eigenvalue weighted by molar-refractivity contribution is -0.253. The Bertz CT molecular complexity index is 1560. The van der Waals surface area contributed by atoms with Crippen molar-refractivity contribution in [2.24, 2.45) is 68.3 Å². The summed E-state index contributed by atoms with van der Waals surface area (Å²) in [5, 5.41) is 19.6. The summed E-state index contributed by atoms with van der Waals surface area (Å²) in [6, 6.07) is -0.285. The van der Waals surface area contributed by atoms with Gasteiger partial charge >= 0.3 is 5.97 Å². The molecule has 0 aromatic carbocycles. The van der Waals surface area contributed by atoms with E-state index >= 15 is 0 Å². The molecule has 0 spiro atoms.